The highest BCUT2D eigenvalue weighted by Gasteiger charge is 2.21. The van der Waals surface area contributed by atoms with Gasteiger partial charge in [0.05, 0.1) is 17.5 Å². The maximum absolute atomic E-state index is 12.4. The number of hydrogen-bond donors (Lipinski definition) is 3. The van der Waals surface area contributed by atoms with Gasteiger partial charge in [-0.15, -0.1) is 0 Å². The Bertz CT molecular complexity index is 932. The molecule has 6 heteroatoms. The first-order valence-corrected chi connectivity index (χ1v) is 10.1. The number of urea groups is 1. The van der Waals surface area contributed by atoms with E-state index in [1.165, 1.54) is 0 Å². The third-order valence-electron chi connectivity index (χ3n) is 5.33. The fourth-order valence-electron chi connectivity index (χ4n) is 3.72. The maximum Gasteiger partial charge on any atom is 0.315 e. The molecule has 0 aliphatic heterocycles. The first-order valence-electron chi connectivity index (χ1n) is 10.1. The van der Waals surface area contributed by atoms with Crippen molar-refractivity contribution < 1.29 is 9.90 Å². The Morgan fingerprint density at radius 3 is 2.34 bits per heavy atom. The zero-order valence-corrected chi connectivity index (χ0v) is 16.3. The second kappa shape index (κ2) is 8.92. The largest absolute Gasteiger partial charge is 0.393 e. The van der Waals surface area contributed by atoms with E-state index < -0.39 is 0 Å². The highest BCUT2D eigenvalue weighted by atomic mass is 16.3. The zero-order chi connectivity index (χ0) is 20.1. The Morgan fingerprint density at radius 1 is 1.00 bits per heavy atom. The molecule has 3 N–H and O–H groups in total. The minimum absolute atomic E-state index is 0.124. The van der Waals surface area contributed by atoms with Crippen LogP contribution in [0.3, 0.4) is 0 Å². The van der Waals surface area contributed by atoms with Crippen LogP contribution in [0.1, 0.15) is 31.2 Å². The van der Waals surface area contributed by atoms with Crippen molar-refractivity contribution in [3.05, 3.63) is 72.4 Å². The Hall–Kier alpha value is -3.12. The lowest BCUT2D eigenvalue weighted by atomic mass is 9.93. The third-order valence-corrected chi connectivity index (χ3v) is 5.33. The molecule has 2 aromatic carbocycles. The summed E-state index contributed by atoms with van der Waals surface area (Å²) in [6.45, 7) is 0.387. The van der Waals surface area contributed by atoms with E-state index in [2.05, 4.69) is 10.6 Å². The quantitative estimate of drug-likeness (QED) is 0.622. The maximum atomic E-state index is 12.4. The van der Waals surface area contributed by atoms with Gasteiger partial charge in [0.1, 0.15) is 0 Å². The fraction of sp³-hybridized carbons (Fsp3) is 0.304. The van der Waals surface area contributed by atoms with Gasteiger partial charge in [-0.1, -0.05) is 48.5 Å². The molecule has 29 heavy (non-hydrogen) atoms. The number of nitrogens with zero attached hydrogens (tertiary/aromatic N) is 2. The topological polar surface area (TPSA) is 79.2 Å². The molecule has 0 unspecified atom stereocenters. The summed E-state index contributed by atoms with van der Waals surface area (Å²) in [4.78, 5) is 12.4. The number of aromatic nitrogens is 2. The summed E-state index contributed by atoms with van der Waals surface area (Å²) < 4.78 is 1.85. The van der Waals surface area contributed by atoms with Crippen molar-refractivity contribution >= 4 is 6.03 Å². The molecule has 0 bridgehead atoms. The van der Waals surface area contributed by atoms with E-state index in [-0.39, 0.29) is 18.2 Å². The standard InChI is InChI=1S/C23H26N4O2/c28-21-13-11-19(12-14-21)25-23(29)24-15-18-16-27(20-9-5-2-6-10-20)26-22(18)17-7-3-1-4-8-17/h1-10,16,19,21,28H,11-15H2,(H2,24,25,29). The molecule has 1 aliphatic carbocycles. The lowest BCUT2D eigenvalue weighted by molar-refractivity contribution is 0.117. The van der Waals surface area contributed by atoms with Crippen molar-refractivity contribution in [3.8, 4) is 16.9 Å². The molecule has 1 aromatic heterocycles. The van der Waals surface area contributed by atoms with E-state index in [4.69, 9.17) is 5.10 Å². The van der Waals surface area contributed by atoms with Crippen LogP contribution in [-0.2, 0) is 6.54 Å². The lowest BCUT2D eigenvalue weighted by Gasteiger charge is -2.26. The van der Waals surface area contributed by atoms with E-state index in [1.807, 2.05) is 71.5 Å². The van der Waals surface area contributed by atoms with E-state index in [0.29, 0.717) is 6.54 Å². The van der Waals surface area contributed by atoms with E-state index in [9.17, 15) is 9.90 Å². The van der Waals surface area contributed by atoms with Gasteiger partial charge in [0, 0.05) is 29.9 Å². The molecule has 6 nitrogen and oxygen atoms in total. The number of nitrogens with one attached hydrogen (secondary N) is 2. The first kappa shape index (κ1) is 19.2. The molecule has 0 saturated heterocycles. The van der Waals surface area contributed by atoms with Crippen molar-refractivity contribution in [2.24, 2.45) is 0 Å². The number of carbonyl (C=O) groups excluding carboxylic acids is 1. The van der Waals surface area contributed by atoms with Gasteiger partial charge in [0.2, 0.25) is 0 Å². The first-order chi connectivity index (χ1) is 14.2. The molecule has 2 amide bonds. The molecular weight excluding hydrogens is 364 g/mol. The molecule has 1 fully saturated rings. The molecule has 3 aromatic rings. The van der Waals surface area contributed by atoms with Crippen molar-refractivity contribution in [2.75, 3.05) is 0 Å². The molecule has 1 saturated carbocycles. The lowest BCUT2D eigenvalue weighted by Crippen LogP contribution is -2.43. The Balaban J connectivity index is 1.48. The third kappa shape index (κ3) is 4.84. The second-order valence-electron chi connectivity index (χ2n) is 7.48. The number of carbonyl (C=O) groups is 1. The molecule has 1 aliphatic rings. The summed E-state index contributed by atoms with van der Waals surface area (Å²) in [7, 11) is 0. The number of rotatable bonds is 5. The highest BCUT2D eigenvalue weighted by molar-refractivity contribution is 5.74. The molecule has 4 rings (SSSR count). The van der Waals surface area contributed by atoms with Crippen LogP contribution in [0, 0.1) is 0 Å². The van der Waals surface area contributed by atoms with Gasteiger partial charge in [0.15, 0.2) is 0 Å². The Morgan fingerprint density at radius 2 is 1.66 bits per heavy atom. The summed E-state index contributed by atoms with van der Waals surface area (Å²) in [5, 5.41) is 20.4. The van der Waals surface area contributed by atoms with Crippen molar-refractivity contribution in [3.63, 3.8) is 0 Å². The number of aliphatic hydroxyl groups excluding tert-OH is 1. The predicted molar refractivity (Wildman–Crippen MR) is 113 cm³/mol. The SMILES string of the molecule is O=C(NCc1cn(-c2ccccc2)nc1-c1ccccc1)NC1CCC(O)CC1. The van der Waals surface area contributed by atoms with Gasteiger partial charge >= 0.3 is 6.03 Å². The summed E-state index contributed by atoms with van der Waals surface area (Å²) >= 11 is 0. The number of aliphatic hydroxyl groups is 1. The monoisotopic (exact) mass is 390 g/mol. The normalized spacial score (nSPS) is 18.9. The smallest absolute Gasteiger partial charge is 0.315 e. The summed E-state index contributed by atoms with van der Waals surface area (Å²) in [5.41, 5.74) is 3.80. The Labute approximate surface area is 170 Å². The summed E-state index contributed by atoms with van der Waals surface area (Å²) in [6.07, 6.45) is 4.86. The molecule has 0 atom stereocenters. The van der Waals surface area contributed by atoms with Gasteiger partial charge in [-0.25, -0.2) is 9.48 Å². The van der Waals surface area contributed by atoms with E-state index in [0.717, 1.165) is 48.2 Å². The summed E-state index contributed by atoms with van der Waals surface area (Å²) in [6, 6.07) is 19.9. The molecule has 1 heterocycles. The number of hydrogen-bond acceptors (Lipinski definition) is 3. The Kier molecular flexibility index (Phi) is 5.91. The van der Waals surface area contributed by atoms with Crippen LogP contribution in [0.2, 0.25) is 0 Å². The van der Waals surface area contributed by atoms with Crippen LogP contribution >= 0.6 is 0 Å². The molecule has 0 radical (unpaired) electrons. The van der Waals surface area contributed by atoms with Crippen molar-refractivity contribution in [1.29, 1.82) is 0 Å². The molecule has 150 valence electrons. The van der Waals surface area contributed by atoms with Gasteiger partial charge in [0.25, 0.3) is 0 Å². The number of amides is 2. The second-order valence-corrected chi connectivity index (χ2v) is 7.48. The van der Waals surface area contributed by atoms with Crippen LogP contribution in [0.4, 0.5) is 4.79 Å². The minimum atomic E-state index is -0.228. The van der Waals surface area contributed by atoms with Crippen LogP contribution in [0.25, 0.3) is 16.9 Å². The van der Waals surface area contributed by atoms with Gasteiger partial charge in [-0.3, -0.25) is 0 Å². The van der Waals surface area contributed by atoms with Crippen LogP contribution in [0.15, 0.2) is 66.9 Å². The molecule has 0 spiro atoms. The molecular formula is C23H26N4O2. The van der Waals surface area contributed by atoms with Gasteiger partial charge in [-0.05, 0) is 37.8 Å². The van der Waals surface area contributed by atoms with Gasteiger partial charge in [-0.2, -0.15) is 5.10 Å². The van der Waals surface area contributed by atoms with E-state index >= 15 is 0 Å². The van der Waals surface area contributed by atoms with Crippen LogP contribution < -0.4 is 10.6 Å². The van der Waals surface area contributed by atoms with Crippen LogP contribution in [0.5, 0.6) is 0 Å². The minimum Gasteiger partial charge on any atom is -0.393 e. The van der Waals surface area contributed by atoms with Crippen molar-refractivity contribution in [1.82, 2.24) is 20.4 Å². The van der Waals surface area contributed by atoms with Crippen LogP contribution in [-0.4, -0.2) is 33.1 Å². The number of para-hydroxylation sites is 1. The van der Waals surface area contributed by atoms with Crippen molar-refractivity contribution in [2.45, 2.75) is 44.4 Å². The number of benzene rings is 2. The fourth-order valence-corrected chi connectivity index (χ4v) is 3.72. The van der Waals surface area contributed by atoms with Gasteiger partial charge < -0.3 is 15.7 Å². The van der Waals surface area contributed by atoms with E-state index in [1.54, 1.807) is 0 Å². The average Bonchev–Trinajstić information content (AvgIpc) is 3.20. The zero-order valence-electron chi connectivity index (χ0n) is 16.3. The predicted octanol–water partition coefficient (Wildman–Crippen LogP) is 3.64. The summed E-state index contributed by atoms with van der Waals surface area (Å²) in [5.74, 6) is 0. The highest BCUT2D eigenvalue weighted by Crippen LogP contribution is 2.23. The average molecular weight is 390 g/mol.